The predicted octanol–water partition coefficient (Wildman–Crippen LogP) is 4.33. The molecule has 9 heteroatoms. The number of pyridine rings is 1. The van der Waals surface area contributed by atoms with E-state index in [1.807, 2.05) is 24.3 Å². The number of fused-ring (bicyclic) bond motifs is 2. The Morgan fingerprint density at radius 1 is 1.09 bits per heavy atom. The number of nitro groups is 1. The van der Waals surface area contributed by atoms with Crippen LogP contribution in [0, 0.1) is 10.1 Å². The van der Waals surface area contributed by atoms with Gasteiger partial charge in [-0.15, -0.1) is 0 Å². The van der Waals surface area contributed by atoms with Crippen molar-refractivity contribution in [2.24, 2.45) is 0 Å². The molecule has 2 aromatic carbocycles. The van der Waals surface area contributed by atoms with E-state index in [2.05, 4.69) is 15.0 Å². The van der Waals surface area contributed by atoms with Gasteiger partial charge in [-0.1, -0.05) is 6.07 Å². The smallest absolute Gasteiger partial charge is 0.269 e. The summed E-state index contributed by atoms with van der Waals surface area (Å²) in [7, 11) is 0. The summed E-state index contributed by atoms with van der Waals surface area (Å²) < 4.78 is 11.9. The molecule has 0 radical (unpaired) electrons. The Morgan fingerprint density at radius 3 is 2.50 bits per heavy atom. The highest BCUT2D eigenvalue weighted by Crippen LogP contribution is 2.49. The van der Waals surface area contributed by atoms with Crippen LogP contribution >= 0.6 is 0 Å². The normalized spacial score (nSPS) is 15.9. The summed E-state index contributed by atoms with van der Waals surface area (Å²) >= 11 is 0. The predicted molar refractivity (Wildman–Crippen MR) is 128 cm³/mol. The number of hydrogen-bond donors (Lipinski definition) is 1. The Balaban J connectivity index is 1.67. The Hall–Kier alpha value is -3.85. The molecule has 1 fully saturated rings. The number of hydrazine groups is 1. The van der Waals surface area contributed by atoms with Crippen molar-refractivity contribution in [1.29, 1.82) is 0 Å². The summed E-state index contributed by atoms with van der Waals surface area (Å²) in [6.07, 6.45) is 3.59. The van der Waals surface area contributed by atoms with Gasteiger partial charge < -0.3 is 14.6 Å². The molecule has 3 aromatic rings. The number of ether oxygens (including phenoxy) is 2. The highest BCUT2D eigenvalue weighted by molar-refractivity contribution is 5.83. The number of aromatic nitrogens is 1. The molecule has 176 valence electrons. The largest absolute Gasteiger partial charge is 0.456 e. The molecule has 1 aromatic heterocycles. The van der Waals surface area contributed by atoms with Crippen molar-refractivity contribution in [2.75, 3.05) is 29.9 Å². The van der Waals surface area contributed by atoms with Crippen molar-refractivity contribution in [3.8, 4) is 22.6 Å². The fourth-order valence-electron chi connectivity index (χ4n) is 4.57. The third kappa shape index (κ3) is 4.10. The molecule has 0 saturated carbocycles. The van der Waals surface area contributed by atoms with E-state index in [4.69, 9.17) is 9.47 Å². The van der Waals surface area contributed by atoms with Crippen molar-refractivity contribution in [3.05, 3.63) is 70.4 Å². The quantitative estimate of drug-likeness (QED) is 0.427. The van der Waals surface area contributed by atoms with Crippen LogP contribution in [-0.4, -0.2) is 41.0 Å². The van der Waals surface area contributed by atoms with Gasteiger partial charge >= 0.3 is 0 Å². The number of nitrogens with zero attached hydrogens (tertiary/aromatic N) is 4. The maximum atomic E-state index is 11.2. The van der Waals surface area contributed by atoms with E-state index in [0.717, 1.165) is 54.1 Å². The zero-order valence-corrected chi connectivity index (χ0v) is 18.9. The Kier molecular flexibility index (Phi) is 5.93. The molecule has 1 N–H and O–H groups in total. The average molecular weight is 463 g/mol. The minimum absolute atomic E-state index is 0.0278. The molecule has 0 unspecified atom stereocenters. The lowest BCUT2D eigenvalue weighted by Crippen LogP contribution is -2.48. The zero-order valence-electron chi connectivity index (χ0n) is 18.9. The van der Waals surface area contributed by atoms with Crippen LogP contribution in [0.5, 0.6) is 11.5 Å². The first-order valence-electron chi connectivity index (χ1n) is 11.4. The van der Waals surface area contributed by atoms with Crippen LogP contribution in [0.25, 0.3) is 11.1 Å². The van der Waals surface area contributed by atoms with Gasteiger partial charge in [0, 0.05) is 49.0 Å². The van der Waals surface area contributed by atoms with E-state index in [9.17, 15) is 15.2 Å². The van der Waals surface area contributed by atoms with E-state index in [-0.39, 0.29) is 12.5 Å². The highest BCUT2D eigenvalue weighted by atomic mass is 16.7. The van der Waals surface area contributed by atoms with E-state index in [1.165, 1.54) is 12.1 Å². The number of hydrogen-bond acceptors (Lipinski definition) is 8. The molecule has 1 atom stereocenters. The standard InChI is InChI=1S/C25H26N4O5/c1-17(30)14-21-24-20(18-7-9-19(10-8-18)29(31)32)15-22(25(21)34-16-33-24)27-12-4-5-13-28(27)23-6-2-3-11-26-23/h2-3,6-11,15,17,30H,4-5,12-14,16H2,1H3/t17-/m0/s1. The van der Waals surface area contributed by atoms with Crippen LogP contribution in [0.4, 0.5) is 17.2 Å². The minimum atomic E-state index is -0.601. The third-order valence-corrected chi connectivity index (χ3v) is 6.07. The van der Waals surface area contributed by atoms with Gasteiger partial charge in [-0.25, -0.2) is 4.98 Å². The van der Waals surface area contributed by atoms with E-state index in [1.54, 1.807) is 25.3 Å². The summed E-state index contributed by atoms with van der Waals surface area (Å²) in [6.45, 7) is 3.38. The molecule has 5 rings (SSSR count). The van der Waals surface area contributed by atoms with Gasteiger partial charge in [-0.3, -0.25) is 20.1 Å². The first-order chi connectivity index (χ1) is 16.5. The number of aliphatic hydroxyl groups excluding tert-OH is 1. The summed E-state index contributed by atoms with van der Waals surface area (Å²) in [4.78, 5) is 15.3. The number of aliphatic hydroxyl groups is 1. The average Bonchev–Trinajstić information content (AvgIpc) is 2.85. The second-order valence-electron chi connectivity index (χ2n) is 8.49. The van der Waals surface area contributed by atoms with Crippen molar-refractivity contribution < 1.29 is 19.5 Å². The number of benzene rings is 2. The Morgan fingerprint density at radius 2 is 1.82 bits per heavy atom. The second-order valence-corrected chi connectivity index (χ2v) is 8.49. The molecule has 2 aliphatic rings. The van der Waals surface area contributed by atoms with Gasteiger partial charge in [0.15, 0.2) is 5.75 Å². The van der Waals surface area contributed by atoms with Crippen molar-refractivity contribution in [2.45, 2.75) is 32.3 Å². The van der Waals surface area contributed by atoms with Gasteiger partial charge in [0.05, 0.1) is 11.0 Å². The minimum Gasteiger partial charge on any atom is -0.456 e. The lowest BCUT2D eigenvalue weighted by Gasteiger charge is -2.42. The van der Waals surface area contributed by atoms with Crippen molar-refractivity contribution >= 4 is 17.2 Å². The summed E-state index contributed by atoms with van der Waals surface area (Å²) in [5.41, 5.74) is 3.28. The van der Waals surface area contributed by atoms with Gasteiger partial charge in [0.2, 0.25) is 6.79 Å². The number of anilines is 2. The molecule has 0 amide bonds. The fraction of sp³-hybridized carbons (Fsp3) is 0.320. The van der Waals surface area contributed by atoms with Crippen LogP contribution in [-0.2, 0) is 6.42 Å². The number of rotatable bonds is 6. The lowest BCUT2D eigenvalue weighted by atomic mass is 9.95. The Labute approximate surface area is 197 Å². The number of nitro benzene ring substituents is 1. The summed E-state index contributed by atoms with van der Waals surface area (Å²) in [6, 6.07) is 14.3. The lowest BCUT2D eigenvalue weighted by molar-refractivity contribution is -0.384. The molecule has 9 nitrogen and oxygen atoms in total. The molecular formula is C25H26N4O5. The van der Waals surface area contributed by atoms with Crippen LogP contribution in [0.15, 0.2) is 54.7 Å². The molecule has 0 spiro atoms. The first kappa shape index (κ1) is 22.0. The van der Waals surface area contributed by atoms with Gasteiger partial charge in [-0.05, 0) is 55.7 Å². The van der Waals surface area contributed by atoms with Crippen LogP contribution in [0.2, 0.25) is 0 Å². The molecule has 2 aliphatic heterocycles. The molecule has 0 aliphatic carbocycles. The molecule has 1 saturated heterocycles. The summed E-state index contributed by atoms with van der Waals surface area (Å²) in [5.74, 6) is 2.18. The van der Waals surface area contributed by atoms with E-state index < -0.39 is 11.0 Å². The van der Waals surface area contributed by atoms with Crippen LogP contribution in [0.1, 0.15) is 25.3 Å². The SMILES string of the molecule is C[C@H](O)Cc1c2c(-c3ccc([N+](=O)[O-])cc3)cc(N3CCCCN3c3ccccn3)c1OCO2. The van der Waals surface area contributed by atoms with Crippen molar-refractivity contribution in [3.63, 3.8) is 0 Å². The third-order valence-electron chi connectivity index (χ3n) is 6.07. The van der Waals surface area contributed by atoms with Crippen LogP contribution in [0.3, 0.4) is 0 Å². The Bertz CT molecular complexity index is 1180. The molecule has 3 heterocycles. The monoisotopic (exact) mass is 462 g/mol. The van der Waals surface area contributed by atoms with Gasteiger partial charge in [-0.2, -0.15) is 0 Å². The van der Waals surface area contributed by atoms with Gasteiger partial charge in [0.25, 0.3) is 5.69 Å². The highest BCUT2D eigenvalue weighted by Gasteiger charge is 2.32. The van der Waals surface area contributed by atoms with E-state index >= 15 is 0 Å². The maximum absolute atomic E-state index is 11.2. The van der Waals surface area contributed by atoms with E-state index in [0.29, 0.717) is 17.9 Å². The number of non-ortho nitro benzene ring substituents is 1. The molecule has 2 bridgehead atoms. The fourth-order valence-corrected chi connectivity index (χ4v) is 4.57. The van der Waals surface area contributed by atoms with Crippen molar-refractivity contribution in [1.82, 2.24) is 4.98 Å². The summed E-state index contributed by atoms with van der Waals surface area (Å²) in [5, 5.41) is 25.7. The first-order valence-corrected chi connectivity index (χ1v) is 11.4. The molecule has 34 heavy (non-hydrogen) atoms. The van der Waals surface area contributed by atoms with Gasteiger partial charge in [0.1, 0.15) is 17.3 Å². The topological polar surface area (TPSA) is 101 Å². The maximum Gasteiger partial charge on any atom is 0.269 e. The van der Waals surface area contributed by atoms with Crippen LogP contribution < -0.4 is 19.5 Å². The molecular weight excluding hydrogens is 436 g/mol. The zero-order chi connectivity index (χ0) is 23.7. The second kappa shape index (κ2) is 9.18.